The van der Waals surface area contributed by atoms with Gasteiger partial charge in [-0.25, -0.2) is 0 Å². The lowest BCUT2D eigenvalue weighted by Gasteiger charge is -2.44. The fraction of sp³-hybridized carbons (Fsp3) is 1.00. The Balaban J connectivity index is 2.02. The summed E-state index contributed by atoms with van der Waals surface area (Å²) in [6.45, 7) is 5.85. The average molecular weight is 237 g/mol. The fourth-order valence-electron chi connectivity index (χ4n) is 4.28. The molecule has 2 aliphatic rings. The third-order valence-corrected chi connectivity index (χ3v) is 5.39. The Hall–Kier alpha value is -0.0400. The van der Waals surface area contributed by atoms with E-state index in [1.165, 1.54) is 57.8 Å². The summed E-state index contributed by atoms with van der Waals surface area (Å²) < 4.78 is 0. The standard InChI is InChI=1S/C16H31N/c1-16(2)10-9-14(12-17)15(11-16)13-7-5-3-4-6-8-13/h13-15H,3-12,17H2,1-2H3. The van der Waals surface area contributed by atoms with Crippen LogP contribution in [-0.2, 0) is 0 Å². The highest BCUT2D eigenvalue weighted by Crippen LogP contribution is 2.47. The van der Waals surface area contributed by atoms with Crippen LogP contribution in [0.2, 0.25) is 0 Å². The summed E-state index contributed by atoms with van der Waals surface area (Å²) in [5.41, 5.74) is 6.60. The molecule has 1 nitrogen and oxygen atoms in total. The third kappa shape index (κ3) is 3.47. The van der Waals surface area contributed by atoms with Crippen molar-refractivity contribution >= 4 is 0 Å². The Labute approximate surface area is 108 Å². The van der Waals surface area contributed by atoms with Gasteiger partial charge in [0.05, 0.1) is 0 Å². The Morgan fingerprint density at radius 3 is 2.24 bits per heavy atom. The lowest BCUT2D eigenvalue weighted by Crippen LogP contribution is -2.37. The van der Waals surface area contributed by atoms with Crippen molar-refractivity contribution in [3.05, 3.63) is 0 Å². The second kappa shape index (κ2) is 5.73. The maximum absolute atomic E-state index is 6.03. The van der Waals surface area contributed by atoms with Gasteiger partial charge in [-0.1, -0.05) is 52.4 Å². The number of rotatable bonds is 2. The van der Waals surface area contributed by atoms with Crippen LogP contribution in [0.4, 0.5) is 0 Å². The highest BCUT2D eigenvalue weighted by Gasteiger charge is 2.38. The van der Waals surface area contributed by atoms with Crippen LogP contribution in [0, 0.1) is 23.2 Å². The van der Waals surface area contributed by atoms with Gasteiger partial charge in [0.2, 0.25) is 0 Å². The van der Waals surface area contributed by atoms with Crippen molar-refractivity contribution in [2.75, 3.05) is 6.54 Å². The molecule has 2 N–H and O–H groups in total. The van der Waals surface area contributed by atoms with E-state index in [4.69, 9.17) is 5.73 Å². The van der Waals surface area contributed by atoms with Gasteiger partial charge in [0.15, 0.2) is 0 Å². The molecule has 2 saturated carbocycles. The smallest absolute Gasteiger partial charge is 0.00461 e. The molecule has 0 aromatic rings. The summed E-state index contributed by atoms with van der Waals surface area (Å²) in [6, 6.07) is 0. The number of hydrogen-bond acceptors (Lipinski definition) is 1. The predicted molar refractivity (Wildman–Crippen MR) is 74.9 cm³/mol. The predicted octanol–water partition coefficient (Wildman–Crippen LogP) is 4.36. The molecule has 2 fully saturated rings. The summed E-state index contributed by atoms with van der Waals surface area (Å²) in [5, 5.41) is 0. The lowest BCUT2D eigenvalue weighted by molar-refractivity contribution is 0.0710. The average Bonchev–Trinajstić information content (AvgIpc) is 2.56. The molecule has 2 atom stereocenters. The largest absolute Gasteiger partial charge is 0.330 e. The van der Waals surface area contributed by atoms with Crippen LogP contribution in [0.25, 0.3) is 0 Å². The van der Waals surface area contributed by atoms with Crippen molar-refractivity contribution in [1.29, 1.82) is 0 Å². The van der Waals surface area contributed by atoms with Gasteiger partial charge in [-0.3, -0.25) is 0 Å². The van der Waals surface area contributed by atoms with E-state index in [2.05, 4.69) is 13.8 Å². The van der Waals surface area contributed by atoms with Gasteiger partial charge >= 0.3 is 0 Å². The van der Waals surface area contributed by atoms with Crippen molar-refractivity contribution in [1.82, 2.24) is 0 Å². The van der Waals surface area contributed by atoms with Crippen LogP contribution >= 0.6 is 0 Å². The highest BCUT2D eigenvalue weighted by atomic mass is 14.6. The normalized spacial score (nSPS) is 35.5. The summed E-state index contributed by atoms with van der Waals surface area (Å²) in [7, 11) is 0. The number of nitrogens with two attached hydrogens (primary N) is 1. The van der Waals surface area contributed by atoms with Gasteiger partial charge in [0, 0.05) is 0 Å². The monoisotopic (exact) mass is 237 g/mol. The van der Waals surface area contributed by atoms with Crippen LogP contribution in [0.1, 0.15) is 71.6 Å². The number of hydrogen-bond donors (Lipinski definition) is 1. The fourth-order valence-corrected chi connectivity index (χ4v) is 4.28. The molecule has 2 rings (SSSR count). The summed E-state index contributed by atoms with van der Waals surface area (Å²) in [5.74, 6) is 2.75. The summed E-state index contributed by atoms with van der Waals surface area (Å²) in [4.78, 5) is 0. The third-order valence-electron chi connectivity index (χ3n) is 5.39. The van der Waals surface area contributed by atoms with Gasteiger partial charge in [0.25, 0.3) is 0 Å². The Morgan fingerprint density at radius 2 is 1.65 bits per heavy atom. The van der Waals surface area contributed by atoms with Gasteiger partial charge in [0.1, 0.15) is 0 Å². The first kappa shape index (κ1) is 13.4. The molecule has 0 amide bonds. The molecule has 0 aromatic carbocycles. The van der Waals surface area contributed by atoms with Gasteiger partial charge in [-0.15, -0.1) is 0 Å². The molecule has 2 aliphatic carbocycles. The maximum atomic E-state index is 6.03. The van der Waals surface area contributed by atoms with Crippen LogP contribution in [0.15, 0.2) is 0 Å². The molecule has 0 saturated heterocycles. The quantitative estimate of drug-likeness (QED) is 0.710. The van der Waals surface area contributed by atoms with Crippen LogP contribution < -0.4 is 5.73 Å². The first-order valence-electron chi connectivity index (χ1n) is 7.82. The van der Waals surface area contributed by atoms with E-state index in [9.17, 15) is 0 Å². The van der Waals surface area contributed by atoms with Gasteiger partial charge < -0.3 is 5.73 Å². The van der Waals surface area contributed by atoms with Gasteiger partial charge in [-0.05, 0) is 49.0 Å². The first-order valence-corrected chi connectivity index (χ1v) is 7.82. The second-order valence-electron chi connectivity index (χ2n) is 7.32. The van der Waals surface area contributed by atoms with Crippen LogP contribution in [0.5, 0.6) is 0 Å². The second-order valence-corrected chi connectivity index (χ2v) is 7.32. The van der Waals surface area contributed by atoms with Crippen LogP contribution in [0.3, 0.4) is 0 Å². The SMILES string of the molecule is CC1(C)CCC(CN)C(C2CCCCCC2)C1. The molecule has 0 bridgehead atoms. The van der Waals surface area contributed by atoms with E-state index in [1.807, 2.05) is 0 Å². The van der Waals surface area contributed by atoms with E-state index in [-0.39, 0.29) is 0 Å². The molecule has 0 heterocycles. The van der Waals surface area contributed by atoms with E-state index >= 15 is 0 Å². The topological polar surface area (TPSA) is 26.0 Å². The molecule has 17 heavy (non-hydrogen) atoms. The lowest BCUT2D eigenvalue weighted by atomic mass is 9.62. The zero-order valence-electron chi connectivity index (χ0n) is 11.9. The zero-order chi connectivity index (χ0) is 12.3. The van der Waals surface area contributed by atoms with Crippen LogP contribution in [-0.4, -0.2) is 6.54 Å². The molecular weight excluding hydrogens is 206 g/mol. The van der Waals surface area contributed by atoms with Crippen molar-refractivity contribution < 1.29 is 0 Å². The minimum Gasteiger partial charge on any atom is -0.330 e. The van der Waals surface area contributed by atoms with Crippen molar-refractivity contribution in [3.8, 4) is 0 Å². The molecule has 0 radical (unpaired) electrons. The molecule has 1 heteroatoms. The Bertz CT molecular complexity index is 226. The van der Waals surface area contributed by atoms with E-state index in [0.29, 0.717) is 5.41 Å². The van der Waals surface area contributed by atoms with Gasteiger partial charge in [-0.2, -0.15) is 0 Å². The van der Waals surface area contributed by atoms with E-state index in [0.717, 1.165) is 24.3 Å². The highest BCUT2D eigenvalue weighted by molar-refractivity contribution is 4.89. The summed E-state index contributed by atoms with van der Waals surface area (Å²) >= 11 is 0. The Morgan fingerprint density at radius 1 is 1.00 bits per heavy atom. The van der Waals surface area contributed by atoms with E-state index < -0.39 is 0 Å². The van der Waals surface area contributed by atoms with Crippen molar-refractivity contribution in [2.45, 2.75) is 71.6 Å². The van der Waals surface area contributed by atoms with E-state index in [1.54, 1.807) is 0 Å². The van der Waals surface area contributed by atoms with Crippen molar-refractivity contribution in [3.63, 3.8) is 0 Å². The zero-order valence-corrected chi connectivity index (χ0v) is 11.9. The Kier molecular flexibility index (Phi) is 4.52. The van der Waals surface area contributed by atoms with Crippen molar-refractivity contribution in [2.24, 2.45) is 28.9 Å². The molecule has 100 valence electrons. The molecule has 0 aromatic heterocycles. The molecule has 0 aliphatic heterocycles. The molecule has 0 spiro atoms. The summed E-state index contributed by atoms with van der Waals surface area (Å²) in [6.07, 6.45) is 13.0. The minimum atomic E-state index is 0.572. The maximum Gasteiger partial charge on any atom is -0.00461 e. The minimum absolute atomic E-state index is 0.572. The molecular formula is C16H31N. The first-order chi connectivity index (χ1) is 8.12. The molecule has 2 unspecified atom stereocenters.